The minimum Gasteiger partial charge on any atom is -0.271 e. The Balaban J connectivity index is 1.86. The summed E-state index contributed by atoms with van der Waals surface area (Å²) in [6.07, 6.45) is 0. The van der Waals surface area contributed by atoms with Crippen LogP contribution in [0.3, 0.4) is 0 Å². The van der Waals surface area contributed by atoms with Gasteiger partial charge in [0.15, 0.2) is 0 Å². The lowest BCUT2D eigenvalue weighted by Crippen LogP contribution is -2.39. The van der Waals surface area contributed by atoms with Crippen LogP contribution >= 0.6 is 27.5 Å². The van der Waals surface area contributed by atoms with Crippen LogP contribution in [0.15, 0.2) is 93.3 Å². The van der Waals surface area contributed by atoms with E-state index in [0.29, 0.717) is 10.7 Å². The smallest absolute Gasteiger partial charge is 0.264 e. The molecule has 0 saturated heterocycles. The van der Waals surface area contributed by atoms with Crippen molar-refractivity contribution in [3.63, 3.8) is 0 Å². The van der Waals surface area contributed by atoms with Gasteiger partial charge in [0, 0.05) is 9.50 Å². The van der Waals surface area contributed by atoms with Crippen LogP contribution in [0.5, 0.6) is 0 Å². The number of hydrogen-bond acceptors (Lipinski definition) is 4. The summed E-state index contributed by atoms with van der Waals surface area (Å²) in [5, 5.41) is 4.45. The van der Waals surface area contributed by atoms with E-state index in [9.17, 15) is 13.2 Å². The number of carbonyl (C=O) groups is 1. The average Bonchev–Trinajstić information content (AvgIpc) is 2.76. The first kappa shape index (κ1) is 23.0. The highest BCUT2D eigenvalue weighted by Gasteiger charge is 2.27. The van der Waals surface area contributed by atoms with Crippen LogP contribution in [-0.2, 0) is 14.8 Å². The SMILES string of the molecule is C/C(=N/NC(=O)CN(c1cccc(Cl)c1)S(=O)(=O)c1ccccc1)c1ccc(Br)cc1. The van der Waals surface area contributed by atoms with Gasteiger partial charge in [-0.25, -0.2) is 13.8 Å². The molecule has 160 valence electrons. The molecule has 0 bridgehead atoms. The summed E-state index contributed by atoms with van der Waals surface area (Å²) in [6.45, 7) is 1.29. The highest BCUT2D eigenvalue weighted by Crippen LogP contribution is 2.25. The molecule has 0 unspecified atom stereocenters. The Morgan fingerprint density at radius 3 is 2.35 bits per heavy atom. The third-order valence-corrected chi connectivity index (χ3v) is 6.88. The first-order chi connectivity index (χ1) is 14.8. The van der Waals surface area contributed by atoms with E-state index < -0.39 is 22.5 Å². The van der Waals surface area contributed by atoms with Crippen molar-refractivity contribution in [3.8, 4) is 0 Å². The van der Waals surface area contributed by atoms with Gasteiger partial charge in [0.1, 0.15) is 6.54 Å². The summed E-state index contributed by atoms with van der Waals surface area (Å²) < 4.78 is 28.4. The molecule has 0 aromatic heterocycles. The zero-order valence-corrected chi connectivity index (χ0v) is 19.7. The van der Waals surface area contributed by atoms with Crippen molar-refractivity contribution in [1.82, 2.24) is 5.43 Å². The second-order valence-corrected chi connectivity index (χ2v) is 9.76. The molecule has 3 aromatic carbocycles. The zero-order chi connectivity index (χ0) is 22.4. The highest BCUT2D eigenvalue weighted by atomic mass is 79.9. The van der Waals surface area contributed by atoms with E-state index in [1.165, 1.54) is 18.2 Å². The van der Waals surface area contributed by atoms with Crippen LogP contribution in [0.1, 0.15) is 12.5 Å². The Morgan fingerprint density at radius 1 is 1.03 bits per heavy atom. The number of carbonyl (C=O) groups excluding carboxylic acids is 1. The van der Waals surface area contributed by atoms with E-state index in [-0.39, 0.29) is 10.6 Å². The third-order valence-electron chi connectivity index (χ3n) is 4.32. The number of anilines is 1. The van der Waals surface area contributed by atoms with Gasteiger partial charge in [0.05, 0.1) is 16.3 Å². The van der Waals surface area contributed by atoms with Crippen molar-refractivity contribution < 1.29 is 13.2 Å². The first-order valence-corrected chi connectivity index (χ1v) is 11.8. The van der Waals surface area contributed by atoms with Crippen LogP contribution in [0, 0.1) is 0 Å². The van der Waals surface area contributed by atoms with Gasteiger partial charge in [-0.05, 0) is 55.0 Å². The fourth-order valence-electron chi connectivity index (χ4n) is 2.73. The van der Waals surface area contributed by atoms with Gasteiger partial charge in [-0.15, -0.1) is 0 Å². The maximum absolute atomic E-state index is 13.2. The Kier molecular flexibility index (Phi) is 7.48. The molecule has 0 fully saturated rings. The Labute approximate surface area is 194 Å². The fraction of sp³-hybridized carbons (Fsp3) is 0.0909. The third kappa shape index (κ3) is 5.94. The molecular weight excluding hydrogens is 502 g/mol. The maximum atomic E-state index is 13.2. The summed E-state index contributed by atoms with van der Waals surface area (Å²) in [7, 11) is -4.00. The molecule has 1 amide bonds. The molecule has 0 aliphatic heterocycles. The zero-order valence-electron chi connectivity index (χ0n) is 16.5. The molecule has 0 heterocycles. The molecule has 1 N–H and O–H groups in total. The number of hydrogen-bond donors (Lipinski definition) is 1. The van der Waals surface area contributed by atoms with Gasteiger partial charge in [0.25, 0.3) is 15.9 Å². The van der Waals surface area contributed by atoms with Gasteiger partial charge < -0.3 is 0 Å². The lowest BCUT2D eigenvalue weighted by molar-refractivity contribution is -0.119. The predicted octanol–water partition coefficient (Wildman–Crippen LogP) is 4.84. The predicted molar refractivity (Wildman–Crippen MR) is 127 cm³/mol. The molecule has 0 spiro atoms. The molecule has 0 aliphatic carbocycles. The van der Waals surface area contributed by atoms with Crippen molar-refractivity contribution in [3.05, 3.63) is 93.9 Å². The minimum atomic E-state index is -4.00. The second-order valence-electron chi connectivity index (χ2n) is 6.54. The summed E-state index contributed by atoms with van der Waals surface area (Å²) in [5.74, 6) is -0.587. The van der Waals surface area contributed by atoms with Crippen LogP contribution in [-0.4, -0.2) is 26.6 Å². The number of amides is 1. The van der Waals surface area contributed by atoms with Crippen molar-refractivity contribution in [2.75, 3.05) is 10.8 Å². The molecule has 0 radical (unpaired) electrons. The minimum absolute atomic E-state index is 0.0670. The van der Waals surface area contributed by atoms with Gasteiger partial charge in [0.2, 0.25) is 0 Å². The Hall–Kier alpha value is -2.68. The highest BCUT2D eigenvalue weighted by molar-refractivity contribution is 9.10. The maximum Gasteiger partial charge on any atom is 0.264 e. The van der Waals surface area contributed by atoms with Crippen molar-refractivity contribution in [2.45, 2.75) is 11.8 Å². The normalized spacial score (nSPS) is 11.8. The van der Waals surface area contributed by atoms with E-state index in [1.54, 1.807) is 43.3 Å². The van der Waals surface area contributed by atoms with E-state index in [0.717, 1.165) is 14.3 Å². The molecule has 0 atom stereocenters. The molecule has 9 heteroatoms. The number of nitrogens with one attached hydrogen (secondary N) is 1. The van der Waals surface area contributed by atoms with Gasteiger partial charge >= 0.3 is 0 Å². The quantitative estimate of drug-likeness (QED) is 0.358. The first-order valence-electron chi connectivity index (χ1n) is 9.20. The average molecular weight is 521 g/mol. The van der Waals surface area contributed by atoms with E-state index in [2.05, 4.69) is 26.5 Å². The Morgan fingerprint density at radius 2 is 1.71 bits per heavy atom. The summed E-state index contributed by atoms with van der Waals surface area (Å²) >= 11 is 9.42. The molecule has 0 aliphatic rings. The monoisotopic (exact) mass is 519 g/mol. The van der Waals surface area contributed by atoms with Crippen molar-refractivity contribution in [1.29, 1.82) is 0 Å². The van der Waals surface area contributed by atoms with Crippen LogP contribution in [0.4, 0.5) is 5.69 Å². The standard InChI is InChI=1S/C22H19BrClN3O3S/c1-16(17-10-12-18(23)13-11-17)25-26-22(28)15-27(20-7-5-6-19(24)14-20)31(29,30)21-8-3-2-4-9-21/h2-14H,15H2,1H3,(H,26,28)/b25-16-. The van der Waals surface area contributed by atoms with Gasteiger partial charge in [-0.3, -0.25) is 9.10 Å². The van der Waals surface area contributed by atoms with E-state index in [4.69, 9.17) is 11.6 Å². The number of sulfonamides is 1. The van der Waals surface area contributed by atoms with E-state index in [1.807, 2.05) is 24.3 Å². The molecule has 0 saturated carbocycles. The number of rotatable bonds is 7. The summed E-state index contributed by atoms with van der Waals surface area (Å²) in [4.78, 5) is 12.7. The number of benzene rings is 3. The number of hydrazone groups is 1. The van der Waals surface area contributed by atoms with Crippen LogP contribution in [0.25, 0.3) is 0 Å². The molecule has 31 heavy (non-hydrogen) atoms. The second kappa shape index (κ2) is 10.1. The molecule has 3 aromatic rings. The molecular formula is C22H19BrClN3O3S. The lowest BCUT2D eigenvalue weighted by atomic mass is 10.1. The summed E-state index contributed by atoms with van der Waals surface area (Å²) in [5.41, 5.74) is 4.12. The molecule has 3 rings (SSSR count). The van der Waals surface area contributed by atoms with Crippen LogP contribution in [0.2, 0.25) is 5.02 Å². The van der Waals surface area contributed by atoms with Crippen molar-refractivity contribution >= 4 is 54.9 Å². The van der Waals surface area contributed by atoms with E-state index >= 15 is 0 Å². The summed E-state index contributed by atoms with van der Waals surface area (Å²) in [6, 6.07) is 21.7. The van der Waals surface area contributed by atoms with Crippen LogP contribution < -0.4 is 9.73 Å². The van der Waals surface area contributed by atoms with Crippen molar-refractivity contribution in [2.24, 2.45) is 5.10 Å². The topological polar surface area (TPSA) is 78.8 Å². The fourth-order valence-corrected chi connectivity index (χ4v) is 4.62. The lowest BCUT2D eigenvalue weighted by Gasteiger charge is -2.23. The van der Waals surface area contributed by atoms with Gasteiger partial charge in [-0.1, -0.05) is 63.9 Å². The number of nitrogens with zero attached hydrogens (tertiary/aromatic N) is 2. The largest absolute Gasteiger partial charge is 0.271 e. The number of halogens is 2. The molecule has 6 nitrogen and oxygen atoms in total. The Bertz CT molecular complexity index is 1200. The van der Waals surface area contributed by atoms with Gasteiger partial charge in [-0.2, -0.15) is 5.10 Å².